The van der Waals surface area contributed by atoms with E-state index in [-0.39, 0.29) is 5.71 Å². The van der Waals surface area contributed by atoms with Crippen LogP contribution in [0.15, 0.2) is 27.9 Å². The molecule has 1 heterocycles. The zero-order valence-corrected chi connectivity index (χ0v) is 9.67. The van der Waals surface area contributed by atoms with Gasteiger partial charge in [0.15, 0.2) is 0 Å². The number of carbonyl (C=O) groups is 1. The maximum absolute atomic E-state index is 11.4. The van der Waals surface area contributed by atoms with Crippen LogP contribution in [0.2, 0.25) is 0 Å². The normalized spacial score (nSPS) is 27.3. The predicted octanol–water partition coefficient (Wildman–Crippen LogP) is 2.81. The molecule has 1 aliphatic heterocycles. The third-order valence-corrected chi connectivity index (χ3v) is 2.43. The number of aliphatic imine (C=N–C) groups is 1. The van der Waals surface area contributed by atoms with E-state index in [2.05, 4.69) is 9.73 Å². The summed E-state index contributed by atoms with van der Waals surface area (Å²) in [6, 6.07) is 0. The van der Waals surface area contributed by atoms with Gasteiger partial charge in [-0.25, -0.2) is 9.79 Å². The quantitative estimate of drug-likeness (QED) is 0.538. The van der Waals surface area contributed by atoms with Gasteiger partial charge in [0.2, 0.25) is 0 Å². The van der Waals surface area contributed by atoms with E-state index in [0.717, 1.165) is 19.3 Å². The number of hydrogen-bond donors (Lipinski definition) is 0. The van der Waals surface area contributed by atoms with Crippen LogP contribution in [-0.2, 0) is 9.53 Å². The number of halogens is 1. The van der Waals surface area contributed by atoms with Crippen LogP contribution in [0.3, 0.4) is 0 Å². The summed E-state index contributed by atoms with van der Waals surface area (Å²) in [6.45, 7) is 2.05. The number of methoxy groups -OCH3 is 1. The first-order valence-electron chi connectivity index (χ1n) is 4.89. The third kappa shape index (κ3) is 3.51. The second kappa shape index (κ2) is 5.71. The Bertz CT molecular complexity index is 342. The molecule has 0 aromatic heterocycles. The van der Waals surface area contributed by atoms with Gasteiger partial charge in [-0.1, -0.05) is 24.1 Å². The predicted molar refractivity (Wildman–Crippen MR) is 61.0 cm³/mol. The van der Waals surface area contributed by atoms with Crippen molar-refractivity contribution >= 4 is 23.3 Å². The van der Waals surface area contributed by atoms with Gasteiger partial charge in [0, 0.05) is 0 Å². The molecule has 0 saturated carbocycles. The first kappa shape index (κ1) is 12.0. The van der Waals surface area contributed by atoms with Gasteiger partial charge in [0.1, 0.15) is 10.9 Å². The number of allylic oxidation sites excluding steroid dienone is 2. The first-order chi connectivity index (χ1) is 7.17. The molecule has 0 unspecified atom stereocenters. The molecule has 4 heteroatoms. The summed E-state index contributed by atoms with van der Waals surface area (Å²) < 4.78 is 4.63. The molecule has 0 amide bonds. The van der Waals surface area contributed by atoms with Gasteiger partial charge in [-0.05, 0) is 31.4 Å². The standard InChI is InChI=1S/C11H14ClNO2/c1-3-8-5-4-6-10(12)13-9(7-8)11(14)15-2/h6-7H,3-5H2,1-2H3/b8-7-,10-6-,13-9-. The van der Waals surface area contributed by atoms with Crippen LogP contribution in [0.25, 0.3) is 0 Å². The largest absolute Gasteiger partial charge is 0.464 e. The van der Waals surface area contributed by atoms with Gasteiger partial charge in [0.25, 0.3) is 0 Å². The second-order valence-electron chi connectivity index (χ2n) is 3.21. The van der Waals surface area contributed by atoms with Crippen molar-refractivity contribution in [3.8, 4) is 0 Å². The topological polar surface area (TPSA) is 38.7 Å². The molecule has 0 saturated heterocycles. The Morgan fingerprint density at radius 3 is 3.00 bits per heavy atom. The summed E-state index contributed by atoms with van der Waals surface area (Å²) in [5.74, 6) is -0.450. The number of carbonyl (C=O) groups excluding carboxylic acids is 1. The molecule has 1 rings (SSSR count). The summed E-state index contributed by atoms with van der Waals surface area (Å²) in [5.41, 5.74) is 1.45. The number of ether oxygens (including phenoxy) is 1. The van der Waals surface area contributed by atoms with Gasteiger partial charge in [-0.3, -0.25) is 0 Å². The zero-order chi connectivity index (χ0) is 11.3. The summed E-state index contributed by atoms with van der Waals surface area (Å²) in [4.78, 5) is 15.4. The third-order valence-electron chi connectivity index (χ3n) is 2.19. The van der Waals surface area contributed by atoms with Crippen molar-refractivity contribution in [1.82, 2.24) is 0 Å². The van der Waals surface area contributed by atoms with E-state index in [0.29, 0.717) is 5.16 Å². The Morgan fingerprint density at radius 2 is 2.40 bits per heavy atom. The Hall–Kier alpha value is -1.09. The fourth-order valence-electron chi connectivity index (χ4n) is 1.32. The molecule has 15 heavy (non-hydrogen) atoms. The number of esters is 1. The lowest BCUT2D eigenvalue weighted by molar-refractivity contribution is -0.132. The van der Waals surface area contributed by atoms with Crippen molar-refractivity contribution in [3.05, 3.63) is 22.9 Å². The van der Waals surface area contributed by atoms with Crippen LogP contribution >= 0.6 is 11.6 Å². The van der Waals surface area contributed by atoms with Gasteiger partial charge >= 0.3 is 5.97 Å². The molecule has 3 nitrogen and oxygen atoms in total. The highest BCUT2D eigenvalue weighted by atomic mass is 35.5. The molecule has 82 valence electrons. The van der Waals surface area contributed by atoms with Gasteiger partial charge in [-0.2, -0.15) is 0 Å². The number of hydrogen-bond acceptors (Lipinski definition) is 3. The summed E-state index contributed by atoms with van der Waals surface area (Å²) in [7, 11) is 1.33. The SMILES string of the molecule is CC/C1=C/C(C(=O)OC)=N/C(Cl)=C\CC1. The van der Waals surface area contributed by atoms with Crippen molar-refractivity contribution in [2.24, 2.45) is 4.99 Å². The highest BCUT2D eigenvalue weighted by molar-refractivity contribution is 6.43. The second-order valence-corrected chi connectivity index (χ2v) is 3.60. The van der Waals surface area contributed by atoms with E-state index in [9.17, 15) is 4.79 Å². The van der Waals surface area contributed by atoms with Crippen LogP contribution in [0.1, 0.15) is 26.2 Å². The fourth-order valence-corrected chi connectivity index (χ4v) is 1.52. The molecule has 0 atom stereocenters. The fraction of sp³-hybridized carbons (Fsp3) is 0.455. The van der Waals surface area contributed by atoms with E-state index in [1.807, 2.05) is 13.0 Å². The van der Waals surface area contributed by atoms with Crippen LogP contribution in [0.4, 0.5) is 0 Å². The molecule has 0 aromatic rings. The van der Waals surface area contributed by atoms with Gasteiger partial charge in [0.05, 0.1) is 7.11 Å². The van der Waals surface area contributed by atoms with Crippen LogP contribution < -0.4 is 0 Å². The summed E-state index contributed by atoms with van der Waals surface area (Å²) in [6.07, 6.45) is 6.25. The molecule has 0 radical (unpaired) electrons. The number of nitrogens with zero attached hydrogens (tertiary/aromatic N) is 1. The van der Waals surface area contributed by atoms with Crippen molar-refractivity contribution in [2.75, 3.05) is 7.11 Å². The average Bonchev–Trinajstić information content (AvgIpc) is 2.21. The Balaban J connectivity index is 3.03. The maximum atomic E-state index is 11.4. The molecule has 0 bridgehead atoms. The molecule has 0 fully saturated rings. The smallest absolute Gasteiger partial charge is 0.356 e. The molecule has 0 aromatic carbocycles. The van der Waals surface area contributed by atoms with E-state index < -0.39 is 5.97 Å². The zero-order valence-electron chi connectivity index (χ0n) is 8.92. The van der Waals surface area contributed by atoms with E-state index in [1.54, 1.807) is 6.08 Å². The lowest BCUT2D eigenvalue weighted by Gasteiger charge is -2.07. The molecule has 1 aliphatic rings. The van der Waals surface area contributed by atoms with Gasteiger partial charge in [-0.15, -0.1) is 0 Å². The minimum Gasteiger partial charge on any atom is -0.464 e. The average molecular weight is 228 g/mol. The number of rotatable bonds is 2. The van der Waals surface area contributed by atoms with E-state index in [1.165, 1.54) is 12.7 Å². The lowest BCUT2D eigenvalue weighted by Crippen LogP contribution is -2.14. The maximum Gasteiger partial charge on any atom is 0.356 e. The molecular formula is C11H14ClNO2. The van der Waals surface area contributed by atoms with Crippen molar-refractivity contribution in [2.45, 2.75) is 26.2 Å². The van der Waals surface area contributed by atoms with Crippen molar-refractivity contribution < 1.29 is 9.53 Å². The Morgan fingerprint density at radius 1 is 1.67 bits per heavy atom. The van der Waals surface area contributed by atoms with Crippen LogP contribution in [0, 0.1) is 0 Å². The molecule has 0 spiro atoms. The van der Waals surface area contributed by atoms with Crippen LogP contribution in [0.5, 0.6) is 0 Å². The summed E-state index contributed by atoms with van der Waals surface area (Å²) >= 11 is 5.82. The van der Waals surface area contributed by atoms with Crippen LogP contribution in [-0.4, -0.2) is 18.8 Å². The molecule has 0 aliphatic carbocycles. The van der Waals surface area contributed by atoms with Gasteiger partial charge < -0.3 is 4.74 Å². The minimum absolute atomic E-state index is 0.273. The van der Waals surface area contributed by atoms with Crippen molar-refractivity contribution in [3.63, 3.8) is 0 Å². The molecule has 0 N–H and O–H groups in total. The first-order valence-corrected chi connectivity index (χ1v) is 5.27. The Kier molecular flexibility index (Phi) is 4.56. The van der Waals surface area contributed by atoms with Crippen molar-refractivity contribution in [1.29, 1.82) is 0 Å². The van der Waals surface area contributed by atoms with E-state index >= 15 is 0 Å². The summed E-state index contributed by atoms with van der Waals surface area (Å²) in [5, 5.41) is 0.349. The highest BCUT2D eigenvalue weighted by Gasteiger charge is 2.12. The minimum atomic E-state index is -0.450. The molecular weight excluding hydrogens is 214 g/mol. The lowest BCUT2D eigenvalue weighted by atomic mass is 10.0. The Labute approximate surface area is 94.5 Å². The highest BCUT2D eigenvalue weighted by Crippen LogP contribution is 2.17. The monoisotopic (exact) mass is 227 g/mol. The van der Waals surface area contributed by atoms with E-state index in [4.69, 9.17) is 11.6 Å².